The van der Waals surface area contributed by atoms with Gasteiger partial charge in [0.05, 0.1) is 16.8 Å². The second kappa shape index (κ2) is 9.84. The summed E-state index contributed by atoms with van der Waals surface area (Å²) < 4.78 is 44.3. The molecule has 0 atom stereocenters. The van der Waals surface area contributed by atoms with Gasteiger partial charge in [0, 0.05) is 63.6 Å². The smallest absolute Gasteiger partial charge is 0.399 e. The minimum atomic E-state index is -1.10. The molecule has 2 aromatic heterocycles. The molecule has 0 unspecified atom stereocenters. The minimum Gasteiger partial charge on any atom is -0.399 e. The highest BCUT2D eigenvalue weighted by atomic mass is 19.2. The average Bonchev–Trinajstić information content (AvgIpc) is 3.31. The minimum absolute atomic E-state index is 0.211. The number of aromatic nitrogens is 2. The summed E-state index contributed by atoms with van der Waals surface area (Å²) >= 11 is 0. The number of rotatable bonds is 5. The van der Waals surface area contributed by atoms with E-state index in [4.69, 9.17) is 9.31 Å². The van der Waals surface area contributed by atoms with Gasteiger partial charge in [0.1, 0.15) is 5.65 Å². The predicted molar refractivity (Wildman–Crippen MR) is 149 cm³/mol. The summed E-state index contributed by atoms with van der Waals surface area (Å²) in [5.41, 5.74) is 2.72. The standard InChI is InChI=1S/C29H35BF2N4O3/c1-28(2)29(3,4)39-30(38-28)23-10-13-33-26-22(23)16-19(35(26)7)17-36-14-11-18(12-15-36)20-8-9-21(25(32)24(20)31)27(37)34(5)6/h8-11,13,16H,12,14-15,17H2,1-7H3. The molecule has 39 heavy (non-hydrogen) atoms. The molecule has 5 rings (SSSR count). The van der Waals surface area contributed by atoms with Crippen molar-refractivity contribution >= 4 is 35.1 Å². The van der Waals surface area contributed by atoms with Gasteiger partial charge >= 0.3 is 7.12 Å². The normalized spacial score (nSPS) is 19.0. The molecular formula is C29H35BF2N4O3. The van der Waals surface area contributed by atoms with Crippen LogP contribution in [-0.2, 0) is 22.9 Å². The first kappa shape index (κ1) is 27.5. The van der Waals surface area contributed by atoms with Gasteiger partial charge in [0.25, 0.3) is 5.91 Å². The molecule has 0 saturated carbocycles. The van der Waals surface area contributed by atoms with E-state index in [1.54, 1.807) is 6.20 Å². The first-order valence-electron chi connectivity index (χ1n) is 13.2. The van der Waals surface area contributed by atoms with Crippen LogP contribution in [0.5, 0.6) is 0 Å². The number of nitrogens with zero attached hydrogens (tertiary/aromatic N) is 4. The van der Waals surface area contributed by atoms with Gasteiger partial charge in [-0.3, -0.25) is 9.69 Å². The van der Waals surface area contributed by atoms with E-state index in [2.05, 4.69) is 20.5 Å². The number of halogens is 2. The maximum Gasteiger partial charge on any atom is 0.495 e. The number of aryl methyl sites for hydroxylation is 1. The number of fused-ring (bicyclic) bond motifs is 1. The van der Waals surface area contributed by atoms with Crippen molar-refractivity contribution in [2.45, 2.75) is 51.9 Å². The van der Waals surface area contributed by atoms with Crippen LogP contribution in [0.4, 0.5) is 8.78 Å². The Labute approximate surface area is 228 Å². The first-order valence-corrected chi connectivity index (χ1v) is 13.2. The fraction of sp³-hybridized carbons (Fsp3) is 0.448. The predicted octanol–water partition coefficient (Wildman–Crippen LogP) is 4.14. The number of carbonyl (C=O) groups is 1. The molecule has 1 saturated heterocycles. The van der Waals surface area contributed by atoms with Crippen LogP contribution in [0.25, 0.3) is 16.6 Å². The first-order chi connectivity index (χ1) is 18.3. The molecule has 1 aromatic carbocycles. The van der Waals surface area contributed by atoms with Crippen molar-refractivity contribution in [3.8, 4) is 0 Å². The third kappa shape index (κ3) is 4.79. The van der Waals surface area contributed by atoms with Crippen molar-refractivity contribution in [3.05, 3.63) is 65.0 Å². The number of hydrogen-bond acceptors (Lipinski definition) is 5. The van der Waals surface area contributed by atoms with E-state index < -0.39 is 35.9 Å². The summed E-state index contributed by atoms with van der Waals surface area (Å²) in [6.07, 6.45) is 4.29. The quantitative estimate of drug-likeness (QED) is 0.459. The molecule has 0 bridgehead atoms. The molecule has 10 heteroatoms. The zero-order valence-corrected chi connectivity index (χ0v) is 23.6. The van der Waals surface area contributed by atoms with E-state index in [0.29, 0.717) is 26.1 Å². The van der Waals surface area contributed by atoms with Gasteiger partial charge in [-0.1, -0.05) is 12.1 Å². The van der Waals surface area contributed by atoms with E-state index in [1.807, 2.05) is 46.9 Å². The number of benzene rings is 1. The highest BCUT2D eigenvalue weighted by Gasteiger charge is 2.52. The van der Waals surface area contributed by atoms with Crippen LogP contribution in [0, 0.1) is 11.6 Å². The maximum absolute atomic E-state index is 14.9. The molecule has 2 aliphatic rings. The van der Waals surface area contributed by atoms with Gasteiger partial charge in [0.2, 0.25) is 0 Å². The zero-order valence-electron chi connectivity index (χ0n) is 23.6. The SMILES string of the molecule is CN(C)C(=O)c1ccc(C2=CCN(Cc3cc4c(B5OC(C)(C)C(C)(C)O5)ccnc4n3C)CC2)c(F)c1F. The number of pyridine rings is 1. The number of amides is 1. The summed E-state index contributed by atoms with van der Waals surface area (Å²) in [6.45, 7) is 10.1. The molecule has 3 aromatic rings. The van der Waals surface area contributed by atoms with Gasteiger partial charge in [0.15, 0.2) is 11.6 Å². The van der Waals surface area contributed by atoms with Crippen LogP contribution in [0.2, 0.25) is 0 Å². The molecule has 7 nitrogen and oxygen atoms in total. The molecule has 0 spiro atoms. The molecular weight excluding hydrogens is 501 g/mol. The van der Waals surface area contributed by atoms with Crippen LogP contribution in [0.3, 0.4) is 0 Å². The zero-order chi connectivity index (χ0) is 28.3. The van der Waals surface area contributed by atoms with Crippen molar-refractivity contribution in [1.82, 2.24) is 19.4 Å². The van der Waals surface area contributed by atoms with Gasteiger partial charge < -0.3 is 18.8 Å². The van der Waals surface area contributed by atoms with Crippen LogP contribution >= 0.6 is 0 Å². The van der Waals surface area contributed by atoms with Gasteiger partial charge in [-0.2, -0.15) is 0 Å². The molecule has 0 aliphatic carbocycles. The fourth-order valence-corrected chi connectivity index (χ4v) is 5.15. The lowest BCUT2D eigenvalue weighted by molar-refractivity contribution is 0.00578. The summed E-state index contributed by atoms with van der Waals surface area (Å²) in [6, 6.07) is 6.96. The molecule has 0 N–H and O–H groups in total. The molecule has 1 amide bonds. The van der Waals surface area contributed by atoms with E-state index in [1.165, 1.54) is 31.1 Å². The van der Waals surface area contributed by atoms with Gasteiger partial charge in [-0.15, -0.1) is 0 Å². The Bertz CT molecular complexity index is 1460. The lowest BCUT2D eigenvalue weighted by Gasteiger charge is -2.32. The molecule has 2 aliphatic heterocycles. The van der Waals surface area contributed by atoms with Crippen LogP contribution in [-0.4, -0.2) is 70.8 Å². The van der Waals surface area contributed by atoms with E-state index >= 15 is 0 Å². The van der Waals surface area contributed by atoms with E-state index in [-0.39, 0.29) is 11.1 Å². The maximum atomic E-state index is 14.9. The van der Waals surface area contributed by atoms with Gasteiger partial charge in [-0.05, 0) is 63.4 Å². The van der Waals surface area contributed by atoms with Crippen LogP contribution in [0.1, 0.15) is 55.7 Å². The van der Waals surface area contributed by atoms with Crippen molar-refractivity contribution in [2.24, 2.45) is 7.05 Å². The monoisotopic (exact) mass is 536 g/mol. The molecule has 0 radical (unpaired) electrons. The average molecular weight is 536 g/mol. The van der Waals surface area contributed by atoms with Crippen molar-refractivity contribution in [3.63, 3.8) is 0 Å². The summed E-state index contributed by atoms with van der Waals surface area (Å²) in [7, 11) is 4.54. The second-order valence-electron chi connectivity index (χ2n) is 11.6. The number of hydrogen-bond donors (Lipinski definition) is 0. The third-order valence-electron chi connectivity index (χ3n) is 8.31. The summed E-state index contributed by atoms with van der Waals surface area (Å²) in [5.74, 6) is -2.64. The highest BCUT2D eigenvalue weighted by molar-refractivity contribution is 6.65. The van der Waals surface area contributed by atoms with Gasteiger partial charge in [-0.25, -0.2) is 13.8 Å². The topological polar surface area (TPSA) is 59.8 Å². The van der Waals surface area contributed by atoms with Crippen molar-refractivity contribution < 1.29 is 22.9 Å². The fourth-order valence-electron chi connectivity index (χ4n) is 5.15. The van der Waals surface area contributed by atoms with E-state index in [0.717, 1.165) is 27.8 Å². The Morgan fingerprint density at radius 2 is 1.79 bits per heavy atom. The van der Waals surface area contributed by atoms with Crippen LogP contribution in [0.15, 0.2) is 36.5 Å². The Balaban J connectivity index is 1.35. The summed E-state index contributed by atoms with van der Waals surface area (Å²) in [4.78, 5) is 20.2. The Kier molecular flexibility index (Phi) is 6.93. The largest absolute Gasteiger partial charge is 0.495 e. The molecule has 206 valence electrons. The lowest BCUT2D eigenvalue weighted by Crippen LogP contribution is -2.41. The third-order valence-corrected chi connectivity index (χ3v) is 8.31. The highest BCUT2D eigenvalue weighted by Crippen LogP contribution is 2.37. The molecule has 4 heterocycles. The van der Waals surface area contributed by atoms with Crippen molar-refractivity contribution in [2.75, 3.05) is 27.2 Å². The number of carbonyl (C=O) groups excluding carboxylic acids is 1. The Hall–Kier alpha value is -3.08. The van der Waals surface area contributed by atoms with Crippen molar-refractivity contribution in [1.29, 1.82) is 0 Å². The molecule has 1 fully saturated rings. The Morgan fingerprint density at radius 1 is 1.10 bits per heavy atom. The van der Waals surface area contributed by atoms with Crippen LogP contribution < -0.4 is 5.46 Å². The lowest BCUT2D eigenvalue weighted by atomic mass is 9.78. The van der Waals surface area contributed by atoms with E-state index in [9.17, 15) is 13.6 Å². The second-order valence-corrected chi connectivity index (χ2v) is 11.6. The summed E-state index contributed by atoms with van der Waals surface area (Å²) in [5, 5.41) is 0.992. The Morgan fingerprint density at radius 3 is 2.41 bits per heavy atom.